The second-order valence-electron chi connectivity index (χ2n) is 10.2. The van der Waals surface area contributed by atoms with E-state index < -0.39 is 40.2 Å². The van der Waals surface area contributed by atoms with E-state index in [2.05, 4.69) is 5.32 Å². The summed E-state index contributed by atoms with van der Waals surface area (Å²) in [5, 5.41) is 2.87. The SMILES string of the molecule is CC[C@H](C)NC(=O)[C@@H](C)N(Cc1ccccc1F)C(=O)CN(c1cc(C)ccc1C)S(=O)(=O)c1ccc(C)cc1. The number of anilines is 1. The Morgan fingerprint density at radius 1 is 0.925 bits per heavy atom. The lowest BCUT2D eigenvalue weighted by molar-refractivity contribution is -0.139. The summed E-state index contributed by atoms with van der Waals surface area (Å²) in [6, 6.07) is 16.7. The smallest absolute Gasteiger partial charge is 0.264 e. The summed E-state index contributed by atoms with van der Waals surface area (Å²) in [5.41, 5.74) is 2.96. The van der Waals surface area contributed by atoms with Crippen LogP contribution in [0.2, 0.25) is 0 Å². The summed E-state index contributed by atoms with van der Waals surface area (Å²) in [7, 11) is -4.18. The van der Waals surface area contributed by atoms with E-state index in [0.29, 0.717) is 17.7 Å². The van der Waals surface area contributed by atoms with Gasteiger partial charge in [-0.15, -0.1) is 0 Å². The summed E-state index contributed by atoms with van der Waals surface area (Å²) in [4.78, 5) is 28.4. The Morgan fingerprint density at radius 3 is 2.17 bits per heavy atom. The molecule has 2 atom stereocenters. The van der Waals surface area contributed by atoms with Crippen LogP contribution in [-0.4, -0.2) is 43.8 Å². The summed E-state index contributed by atoms with van der Waals surface area (Å²) in [6.45, 7) is 10.0. The molecule has 0 spiro atoms. The zero-order valence-electron chi connectivity index (χ0n) is 23.9. The minimum Gasteiger partial charge on any atom is -0.352 e. The molecule has 0 aromatic heterocycles. The molecule has 7 nitrogen and oxygen atoms in total. The first-order chi connectivity index (χ1) is 18.8. The zero-order valence-corrected chi connectivity index (χ0v) is 24.8. The van der Waals surface area contributed by atoms with Crippen molar-refractivity contribution in [2.24, 2.45) is 0 Å². The maximum absolute atomic E-state index is 14.7. The first kappa shape index (κ1) is 30.8. The highest BCUT2D eigenvalue weighted by atomic mass is 32.2. The highest BCUT2D eigenvalue weighted by molar-refractivity contribution is 7.92. The molecule has 0 aliphatic rings. The lowest BCUT2D eigenvalue weighted by Gasteiger charge is -2.33. The van der Waals surface area contributed by atoms with Crippen LogP contribution >= 0.6 is 0 Å². The quantitative estimate of drug-likeness (QED) is 0.342. The van der Waals surface area contributed by atoms with Gasteiger partial charge in [0.15, 0.2) is 0 Å². The molecule has 0 aliphatic heterocycles. The molecule has 1 N–H and O–H groups in total. The number of benzene rings is 3. The molecule has 214 valence electrons. The Bertz CT molecular complexity index is 1460. The lowest BCUT2D eigenvalue weighted by Crippen LogP contribution is -2.52. The van der Waals surface area contributed by atoms with Crippen LogP contribution in [0.15, 0.2) is 71.6 Å². The standard InChI is InChI=1S/C31H38FN3O4S/c1-7-24(5)33-31(37)25(6)34(19-26-10-8-9-11-28(26)32)30(36)20-35(29-18-22(3)12-15-23(29)4)40(38,39)27-16-13-21(2)14-17-27/h8-18,24-25H,7,19-20H2,1-6H3,(H,33,37)/t24-,25+/m0/s1. The minimum atomic E-state index is -4.18. The van der Waals surface area contributed by atoms with E-state index in [1.165, 1.54) is 23.1 Å². The first-order valence-electron chi connectivity index (χ1n) is 13.3. The van der Waals surface area contributed by atoms with Crippen molar-refractivity contribution in [3.8, 4) is 0 Å². The van der Waals surface area contributed by atoms with Crippen LogP contribution in [0.25, 0.3) is 0 Å². The molecule has 0 fully saturated rings. The van der Waals surface area contributed by atoms with E-state index in [1.54, 1.807) is 56.3 Å². The topological polar surface area (TPSA) is 86.8 Å². The predicted molar refractivity (Wildman–Crippen MR) is 156 cm³/mol. The first-order valence-corrected chi connectivity index (χ1v) is 14.8. The molecular formula is C31H38FN3O4S. The van der Waals surface area contributed by atoms with Crippen molar-refractivity contribution in [2.75, 3.05) is 10.8 Å². The van der Waals surface area contributed by atoms with E-state index in [0.717, 1.165) is 15.4 Å². The van der Waals surface area contributed by atoms with Crippen LogP contribution in [0.3, 0.4) is 0 Å². The Balaban J connectivity index is 2.08. The second-order valence-corrected chi connectivity index (χ2v) is 12.1. The number of aryl methyl sites for hydroxylation is 3. The van der Waals surface area contributed by atoms with Gasteiger partial charge in [-0.2, -0.15) is 0 Å². The highest BCUT2D eigenvalue weighted by Crippen LogP contribution is 2.29. The molecule has 0 unspecified atom stereocenters. The van der Waals surface area contributed by atoms with Gasteiger partial charge in [-0.1, -0.05) is 55.0 Å². The molecule has 2 amide bonds. The molecule has 0 heterocycles. The van der Waals surface area contributed by atoms with Crippen molar-refractivity contribution >= 4 is 27.5 Å². The maximum Gasteiger partial charge on any atom is 0.264 e. The molecule has 0 radical (unpaired) electrons. The summed E-state index contributed by atoms with van der Waals surface area (Å²) < 4.78 is 43.7. The Labute approximate surface area is 237 Å². The molecular weight excluding hydrogens is 529 g/mol. The number of carbonyl (C=O) groups excluding carboxylic acids is 2. The van der Waals surface area contributed by atoms with Crippen molar-refractivity contribution in [3.63, 3.8) is 0 Å². The van der Waals surface area contributed by atoms with Crippen LogP contribution in [0.4, 0.5) is 10.1 Å². The average Bonchev–Trinajstić information content (AvgIpc) is 2.92. The number of hydrogen-bond acceptors (Lipinski definition) is 4. The van der Waals surface area contributed by atoms with Crippen molar-refractivity contribution in [1.29, 1.82) is 0 Å². The third kappa shape index (κ3) is 7.27. The van der Waals surface area contributed by atoms with Crippen molar-refractivity contribution < 1.29 is 22.4 Å². The fourth-order valence-corrected chi connectivity index (χ4v) is 5.67. The van der Waals surface area contributed by atoms with Crippen LogP contribution < -0.4 is 9.62 Å². The molecule has 3 rings (SSSR count). The lowest BCUT2D eigenvalue weighted by atomic mass is 10.1. The maximum atomic E-state index is 14.7. The Hall–Kier alpha value is -3.72. The monoisotopic (exact) mass is 567 g/mol. The van der Waals surface area contributed by atoms with E-state index in [9.17, 15) is 22.4 Å². The number of rotatable bonds is 11. The van der Waals surface area contributed by atoms with Gasteiger partial charge < -0.3 is 10.2 Å². The summed E-state index contributed by atoms with van der Waals surface area (Å²) >= 11 is 0. The third-order valence-corrected chi connectivity index (χ3v) is 8.76. The van der Waals surface area contributed by atoms with Gasteiger partial charge in [0.05, 0.1) is 10.6 Å². The highest BCUT2D eigenvalue weighted by Gasteiger charge is 2.33. The molecule has 9 heteroatoms. The van der Waals surface area contributed by atoms with Crippen LogP contribution in [0.1, 0.15) is 49.4 Å². The van der Waals surface area contributed by atoms with Crippen LogP contribution in [-0.2, 0) is 26.2 Å². The van der Waals surface area contributed by atoms with Crippen molar-refractivity contribution in [2.45, 2.75) is 71.5 Å². The molecule has 40 heavy (non-hydrogen) atoms. The van der Waals surface area contributed by atoms with E-state index in [4.69, 9.17) is 0 Å². The summed E-state index contributed by atoms with van der Waals surface area (Å²) in [6.07, 6.45) is 0.689. The molecule has 0 bridgehead atoms. The predicted octanol–water partition coefficient (Wildman–Crippen LogP) is 5.28. The summed E-state index contributed by atoms with van der Waals surface area (Å²) in [5.74, 6) is -1.56. The van der Waals surface area contributed by atoms with E-state index in [-0.39, 0.29) is 23.0 Å². The number of nitrogens with one attached hydrogen (secondary N) is 1. The normalized spacial score (nSPS) is 12.9. The van der Waals surface area contributed by atoms with E-state index in [1.807, 2.05) is 33.8 Å². The Morgan fingerprint density at radius 2 is 1.55 bits per heavy atom. The van der Waals surface area contributed by atoms with Gasteiger partial charge in [0, 0.05) is 18.2 Å². The van der Waals surface area contributed by atoms with Crippen molar-refractivity contribution in [1.82, 2.24) is 10.2 Å². The molecule has 0 saturated carbocycles. The van der Waals surface area contributed by atoms with Gasteiger partial charge >= 0.3 is 0 Å². The number of halogens is 1. The van der Waals surface area contributed by atoms with Gasteiger partial charge in [-0.3, -0.25) is 13.9 Å². The van der Waals surface area contributed by atoms with Gasteiger partial charge in [0.1, 0.15) is 18.4 Å². The fraction of sp³-hybridized carbons (Fsp3) is 0.355. The van der Waals surface area contributed by atoms with E-state index >= 15 is 0 Å². The zero-order chi connectivity index (χ0) is 29.6. The minimum absolute atomic E-state index is 0.0371. The number of sulfonamides is 1. The number of hydrogen-bond donors (Lipinski definition) is 1. The van der Waals surface area contributed by atoms with Gasteiger partial charge in [0.25, 0.3) is 10.0 Å². The molecule has 3 aromatic rings. The Kier molecular flexibility index (Phi) is 10.1. The molecule has 0 aliphatic carbocycles. The molecule has 0 saturated heterocycles. The molecule has 3 aromatic carbocycles. The van der Waals surface area contributed by atoms with Gasteiger partial charge in [0.2, 0.25) is 11.8 Å². The third-order valence-electron chi connectivity index (χ3n) is 6.99. The average molecular weight is 568 g/mol. The second kappa shape index (κ2) is 13.1. The van der Waals surface area contributed by atoms with Crippen LogP contribution in [0.5, 0.6) is 0 Å². The van der Waals surface area contributed by atoms with Crippen molar-refractivity contribution in [3.05, 3.63) is 94.8 Å². The number of nitrogens with zero attached hydrogens (tertiary/aromatic N) is 2. The van der Waals surface area contributed by atoms with Crippen LogP contribution in [0, 0.1) is 26.6 Å². The largest absolute Gasteiger partial charge is 0.352 e. The van der Waals surface area contributed by atoms with Gasteiger partial charge in [-0.25, -0.2) is 12.8 Å². The number of carbonyl (C=O) groups is 2. The fourth-order valence-electron chi connectivity index (χ4n) is 4.20. The van der Waals surface area contributed by atoms with Gasteiger partial charge in [-0.05, 0) is 76.4 Å². The number of amides is 2.